The fourth-order valence-corrected chi connectivity index (χ4v) is 2.79. The molecule has 0 aromatic heterocycles. The molecule has 0 heterocycles. The van der Waals surface area contributed by atoms with Crippen molar-refractivity contribution in [2.75, 3.05) is 24.4 Å². The van der Waals surface area contributed by atoms with Crippen LogP contribution in [0.5, 0.6) is 5.75 Å². The Balaban J connectivity index is 1.60. The van der Waals surface area contributed by atoms with Gasteiger partial charge in [0.05, 0.1) is 13.5 Å². The van der Waals surface area contributed by atoms with Crippen LogP contribution in [-0.4, -0.2) is 26.0 Å². The number of amides is 2. The predicted octanol–water partition coefficient (Wildman–Crippen LogP) is 4.15. The Labute approximate surface area is 164 Å². The SMILES string of the molecule is COc1ccc(CC(=O)Nc2ccc(C(=O)N(C)c3ccccc3)cc2)cc1. The van der Waals surface area contributed by atoms with E-state index in [0.717, 1.165) is 17.0 Å². The maximum absolute atomic E-state index is 12.6. The van der Waals surface area contributed by atoms with Crippen molar-refractivity contribution in [1.82, 2.24) is 0 Å². The van der Waals surface area contributed by atoms with Crippen LogP contribution in [0.15, 0.2) is 78.9 Å². The first-order chi connectivity index (χ1) is 13.6. The first kappa shape index (κ1) is 19.2. The third kappa shape index (κ3) is 4.76. The minimum Gasteiger partial charge on any atom is -0.497 e. The van der Waals surface area contributed by atoms with Crippen molar-refractivity contribution in [3.05, 3.63) is 90.0 Å². The summed E-state index contributed by atoms with van der Waals surface area (Å²) >= 11 is 0. The second-order valence-corrected chi connectivity index (χ2v) is 6.35. The van der Waals surface area contributed by atoms with Crippen LogP contribution in [-0.2, 0) is 11.2 Å². The van der Waals surface area contributed by atoms with Crippen molar-refractivity contribution in [2.45, 2.75) is 6.42 Å². The molecule has 3 aromatic carbocycles. The summed E-state index contributed by atoms with van der Waals surface area (Å²) in [6, 6.07) is 23.7. The zero-order valence-corrected chi connectivity index (χ0v) is 15.9. The first-order valence-corrected chi connectivity index (χ1v) is 8.93. The van der Waals surface area contributed by atoms with Crippen LogP contribution in [0.2, 0.25) is 0 Å². The molecule has 142 valence electrons. The summed E-state index contributed by atoms with van der Waals surface area (Å²) in [5.74, 6) is 0.526. The number of nitrogens with one attached hydrogen (secondary N) is 1. The van der Waals surface area contributed by atoms with Gasteiger partial charge in [-0.05, 0) is 54.1 Å². The third-order valence-corrected chi connectivity index (χ3v) is 4.39. The van der Waals surface area contributed by atoms with E-state index in [2.05, 4.69) is 5.32 Å². The number of benzene rings is 3. The number of ether oxygens (including phenoxy) is 1. The van der Waals surface area contributed by atoms with Gasteiger partial charge in [0.2, 0.25) is 5.91 Å². The topological polar surface area (TPSA) is 58.6 Å². The maximum atomic E-state index is 12.6. The van der Waals surface area contributed by atoms with Crippen molar-refractivity contribution in [3.63, 3.8) is 0 Å². The van der Waals surface area contributed by atoms with Gasteiger partial charge in [-0.15, -0.1) is 0 Å². The molecule has 0 radical (unpaired) electrons. The standard InChI is InChI=1S/C23H22N2O3/c1-25(20-6-4-3-5-7-20)23(27)18-10-12-19(13-11-18)24-22(26)16-17-8-14-21(28-2)15-9-17/h3-15H,16H2,1-2H3,(H,24,26). The summed E-state index contributed by atoms with van der Waals surface area (Å²) in [5.41, 5.74) is 2.93. The Morgan fingerprint density at radius 1 is 0.893 bits per heavy atom. The van der Waals surface area contributed by atoms with Gasteiger partial charge in [0.15, 0.2) is 0 Å². The molecule has 3 aromatic rings. The number of methoxy groups -OCH3 is 1. The second-order valence-electron chi connectivity index (χ2n) is 6.35. The molecule has 1 N–H and O–H groups in total. The molecular formula is C23H22N2O3. The van der Waals surface area contributed by atoms with Crippen LogP contribution in [0.4, 0.5) is 11.4 Å². The number of hydrogen-bond donors (Lipinski definition) is 1. The molecule has 0 aliphatic carbocycles. The second kappa shape index (κ2) is 8.86. The Hall–Kier alpha value is -3.60. The quantitative estimate of drug-likeness (QED) is 0.705. The Morgan fingerprint density at radius 2 is 1.54 bits per heavy atom. The van der Waals surface area contributed by atoms with E-state index in [1.54, 1.807) is 43.3 Å². The van der Waals surface area contributed by atoms with E-state index in [0.29, 0.717) is 11.3 Å². The summed E-state index contributed by atoms with van der Waals surface area (Å²) < 4.78 is 5.11. The van der Waals surface area contributed by atoms with Crippen LogP contribution in [0.25, 0.3) is 0 Å². The Morgan fingerprint density at radius 3 is 2.14 bits per heavy atom. The van der Waals surface area contributed by atoms with Crippen LogP contribution in [0.1, 0.15) is 15.9 Å². The molecule has 0 aliphatic rings. The summed E-state index contributed by atoms with van der Waals surface area (Å²) in [7, 11) is 3.34. The monoisotopic (exact) mass is 374 g/mol. The fourth-order valence-electron chi connectivity index (χ4n) is 2.79. The normalized spacial score (nSPS) is 10.2. The molecule has 0 unspecified atom stereocenters. The van der Waals surface area contributed by atoms with Crippen molar-refractivity contribution >= 4 is 23.2 Å². The number of hydrogen-bond acceptors (Lipinski definition) is 3. The lowest BCUT2D eigenvalue weighted by Crippen LogP contribution is -2.26. The van der Waals surface area contributed by atoms with Crippen LogP contribution >= 0.6 is 0 Å². The lowest BCUT2D eigenvalue weighted by molar-refractivity contribution is -0.115. The van der Waals surface area contributed by atoms with Crippen molar-refractivity contribution in [3.8, 4) is 5.75 Å². The lowest BCUT2D eigenvalue weighted by Gasteiger charge is -2.17. The van der Waals surface area contributed by atoms with E-state index in [-0.39, 0.29) is 18.2 Å². The third-order valence-electron chi connectivity index (χ3n) is 4.39. The molecule has 0 aliphatic heterocycles. The van der Waals surface area contributed by atoms with E-state index >= 15 is 0 Å². The Bertz CT molecular complexity index is 936. The number of anilines is 2. The van der Waals surface area contributed by atoms with Gasteiger partial charge in [-0.2, -0.15) is 0 Å². The summed E-state index contributed by atoms with van der Waals surface area (Å²) in [5, 5.41) is 2.85. The number of carbonyl (C=O) groups is 2. The number of para-hydroxylation sites is 1. The van der Waals surface area contributed by atoms with Gasteiger partial charge in [0.1, 0.15) is 5.75 Å². The van der Waals surface area contributed by atoms with Gasteiger partial charge < -0.3 is 15.0 Å². The predicted molar refractivity (Wildman–Crippen MR) is 111 cm³/mol. The van der Waals surface area contributed by atoms with E-state index in [1.165, 1.54) is 0 Å². The van der Waals surface area contributed by atoms with Gasteiger partial charge in [-0.3, -0.25) is 9.59 Å². The zero-order valence-electron chi connectivity index (χ0n) is 15.9. The molecule has 0 fully saturated rings. The zero-order chi connectivity index (χ0) is 19.9. The lowest BCUT2D eigenvalue weighted by atomic mass is 10.1. The molecule has 0 spiro atoms. The average Bonchev–Trinajstić information content (AvgIpc) is 2.74. The molecule has 0 atom stereocenters. The highest BCUT2D eigenvalue weighted by Gasteiger charge is 2.13. The molecule has 0 saturated carbocycles. The van der Waals surface area contributed by atoms with Gasteiger partial charge in [-0.25, -0.2) is 0 Å². The van der Waals surface area contributed by atoms with E-state index < -0.39 is 0 Å². The van der Waals surface area contributed by atoms with Crippen LogP contribution in [0, 0.1) is 0 Å². The average molecular weight is 374 g/mol. The highest BCUT2D eigenvalue weighted by molar-refractivity contribution is 6.06. The van der Waals surface area contributed by atoms with Gasteiger partial charge in [0, 0.05) is 24.0 Å². The largest absolute Gasteiger partial charge is 0.497 e. The van der Waals surface area contributed by atoms with Crippen LogP contribution < -0.4 is 15.0 Å². The van der Waals surface area contributed by atoms with E-state index in [4.69, 9.17) is 4.74 Å². The van der Waals surface area contributed by atoms with Gasteiger partial charge in [-0.1, -0.05) is 30.3 Å². The van der Waals surface area contributed by atoms with Crippen molar-refractivity contribution in [2.24, 2.45) is 0 Å². The number of nitrogens with zero attached hydrogens (tertiary/aromatic N) is 1. The minimum absolute atomic E-state index is 0.109. The minimum atomic E-state index is -0.120. The molecule has 0 saturated heterocycles. The van der Waals surface area contributed by atoms with Gasteiger partial charge >= 0.3 is 0 Å². The van der Waals surface area contributed by atoms with Crippen LogP contribution in [0.3, 0.4) is 0 Å². The highest BCUT2D eigenvalue weighted by Crippen LogP contribution is 2.17. The molecule has 2 amide bonds. The summed E-state index contributed by atoms with van der Waals surface area (Å²) in [6.07, 6.45) is 0.265. The molecular weight excluding hydrogens is 352 g/mol. The molecule has 5 heteroatoms. The van der Waals surface area contributed by atoms with Gasteiger partial charge in [0.25, 0.3) is 5.91 Å². The first-order valence-electron chi connectivity index (χ1n) is 8.93. The maximum Gasteiger partial charge on any atom is 0.258 e. The van der Waals surface area contributed by atoms with Crippen molar-refractivity contribution < 1.29 is 14.3 Å². The molecule has 28 heavy (non-hydrogen) atoms. The van der Waals surface area contributed by atoms with Crippen molar-refractivity contribution in [1.29, 1.82) is 0 Å². The molecule has 0 bridgehead atoms. The smallest absolute Gasteiger partial charge is 0.258 e. The molecule has 5 nitrogen and oxygen atoms in total. The number of rotatable bonds is 6. The van der Waals surface area contributed by atoms with E-state index in [9.17, 15) is 9.59 Å². The Kier molecular flexibility index (Phi) is 6.07. The fraction of sp³-hybridized carbons (Fsp3) is 0.130. The summed E-state index contributed by atoms with van der Waals surface area (Å²) in [6.45, 7) is 0. The molecule has 3 rings (SSSR count). The number of carbonyl (C=O) groups excluding carboxylic acids is 2. The summed E-state index contributed by atoms with van der Waals surface area (Å²) in [4.78, 5) is 26.4. The van der Waals surface area contributed by atoms with E-state index in [1.807, 2.05) is 54.6 Å². The highest BCUT2D eigenvalue weighted by atomic mass is 16.5.